The van der Waals surface area contributed by atoms with Crippen molar-refractivity contribution in [3.05, 3.63) is 11.6 Å². The normalized spacial score (nSPS) is 29.7. The molecule has 0 saturated carbocycles. The van der Waals surface area contributed by atoms with Crippen molar-refractivity contribution in [3.8, 4) is 0 Å². The fourth-order valence-corrected chi connectivity index (χ4v) is 3.70. The number of hydrogen-bond acceptors (Lipinski definition) is 4. The van der Waals surface area contributed by atoms with Crippen molar-refractivity contribution in [1.82, 2.24) is 5.32 Å². The molecule has 0 bridgehead atoms. The highest BCUT2D eigenvalue weighted by atomic mass is 16.7. The van der Waals surface area contributed by atoms with Crippen LogP contribution in [0.15, 0.2) is 16.8 Å². The molecule has 1 aliphatic carbocycles. The van der Waals surface area contributed by atoms with Crippen LogP contribution in [0, 0.1) is 5.92 Å². The summed E-state index contributed by atoms with van der Waals surface area (Å²) in [6.45, 7) is 4.39. The lowest BCUT2D eigenvalue weighted by molar-refractivity contribution is -0.135. The number of piperidine rings is 1. The van der Waals surface area contributed by atoms with Crippen LogP contribution in [0.25, 0.3) is 0 Å². The Labute approximate surface area is 127 Å². The maximum absolute atomic E-state index is 12.5. The maximum Gasteiger partial charge on any atom is 0.208 e. The summed E-state index contributed by atoms with van der Waals surface area (Å²) in [6, 6.07) is 0. The molecule has 1 N–H and O–H groups in total. The first-order valence-corrected chi connectivity index (χ1v) is 8.42. The van der Waals surface area contributed by atoms with Gasteiger partial charge in [0.1, 0.15) is 0 Å². The van der Waals surface area contributed by atoms with Crippen molar-refractivity contribution >= 4 is 11.5 Å². The van der Waals surface area contributed by atoms with Crippen LogP contribution in [0.1, 0.15) is 58.3 Å². The largest absolute Gasteiger partial charge is 0.380 e. The molecule has 0 radical (unpaired) electrons. The van der Waals surface area contributed by atoms with E-state index >= 15 is 0 Å². The zero-order chi connectivity index (χ0) is 14.7. The van der Waals surface area contributed by atoms with E-state index in [0.717, 1.165) is 49.6 Å². The van der Waals surface area contributed by atoms with E-state index in [1.165, 1.54) is 19.3 Å². The molecule has 1 atom stereocenters. The fraction of sp³-hybridized carbons (Fsp3) is 0.765. The minimum absolute atomic E-state index is 0.185. The SMILES string of the molecule is CCCC1=CCC2(CC(CCC3CCNCC3)=NO2)C1=O. The molecule has 2 heterocycles. The summed E-state index contributed by atoms with van der Waals surface area (Å²) in [4.78, 5) is 18.1. The third-order valence-electron chi connectivity index (χ3n) is 5.04. The number of oxime groups is 1. The van der Waals surface area contributed by atoms with Gasteiger partial charge in [0.2, 0.25) is 11.4 Å². The Bertz CT molecular complexity index is 463. The standard InChI is InChI=1S/C17H26N2O2/c1-2-3-14-6-9-17(16(14)20)12-15(19-21-17)5-4-13-7-10-18-11-8-13/h6,13,18H,2-5,7-12H2,1H3. The maximum atomic E-state index is 12.5. The van der Waals surface area contributed by atoms with Crippen LogP contribution in [-0.4, -0.2) is 30.2 Å². The van der Waals surface area contributed by atoms with Crippen LogP contribution in [0.2, 0.25) is 0 Å². The van der Waals surface area contributed by atoms with Crippen LogP contribution in [-0.2, 0) is 9.63 Å². The monoisotopic (exact) mass is 290 g/mol. The molecule has 1 saturated heterocycles. The molecule has 2 aliphatic heterocycles. The van der Waals surface area contributed by atoms with Crippen LogP contribution < -0.4 is 5.32 Å². The van der Waals surface area contributed by atoms with E-state index in [2.05, 4.69) is 23.5 Å². The lowest BCUT2D eigenvalue weighted by Crippen LogP contribution is -2.35. The van der Waals surface area contributed by atoms with Gasteiger partial charge in [-0.3, -0.25) is 4.79 Å². The zero-order valence-electron chi connectivity index (χ0n) is 13.0. The van der Waals surface area contributed by atoms with Crippen molar-refractivity contribution in [2.75, 3.05) is 13.1 Å². The quantitative estimate of drug-likeness (QED) is 0.847. The summed E-state index contributed by atoms with van der Waals surface area (Å²) in [5.74, 6) is 0.989. The Kier molecular flexibility index (Phi) is 4.43. The molecule has 21 heavy (non-hydrogen) atoms. The number of Topliss-reactive ketones (excluding diaryl/α,β-unsaturated/α-hetero) is 1. The molecule has 0 aromatic rings. The highest BCUT2D eigenvalue weighted by Gasteiger charge is 2.49. The number of carbonyl (C=O) groups excluding carboxylic acids is 1. The molecular formula is C17H26N2O2. The van der Waals surface area contributed by atoms with Crippen molar-refractivity contribution < 1.29 is 9.63 Å². The Balaban J connectivity index is 1.50. The average Bonchev–Trinajstić information content (AvgIpc) is 3.06. The molecule has 1 fully saturated rings. The predicted octanol–water partition coefficient (Wildman–Crippen LogP) is 2.98. The van der Waals surface area contributed by atoms with Gasteiger partial charge in [-0.1, -0.05) is 24.6 Å². The van der Waals surface area contributed by atoms with Gasteiger partial charge in [-0.15, -0.1) is 0 Å². The molecule has 4 heteroatoms. The lowest BCUT2D eigenvalue weighted by Gasteiger charge is -2.22. The molecule has 1 spiro atoms. The van der Waals surface area contributed by atoms with E-state index in [1.54, 1.807) is 0 Å². The van der Waals surface area contributed by atoms with Crippen molar-refractivity contribution in [1.29, 1.82) is 0 Å². The van der Waals surface area contributed by atoms with E-state index in [1.807, 2.05) is 0 Å². The predicted molar refractivity (Wildman–Crippen MR) is 83.3 cm³/mol. The molecule has 4 nitrogen and oxygen atoms in total. The molecule has 1 unspecified atom stereocenters. The Hall–Kier alpha value is -1.16. The minimum atomic E-state index is -0.659. The van der Waals surface area contributed by atoms with Gasteiger partial charge in [-0.05, 0) is 56.7 Å². The van der Waals surface area contributed by atoms with Gasteiger partial charge >= 0.3 is 0 Å². The molecular weight excluding hydrogens is 264 g/mol. The first-order valence-electron chi connectivity index (χ1n) is 8.42. The van der Waals surface area contributed by atoms with Gasteiger partial charge in [-0.25, -0.2) is 0 Å². The van der Waals surface area contributed by atoms with Gasteiger partial charge in [0.05, 0.1) is 5.71 Å². The number of hydrogen-bond donors (Lipinski definition) is 1. The summed E-state index contributed by atoms with van der Waals surface area (Å²) in [5, 5.41) is 7.65. The summed E-state index contributed by atoms with van der Waals surface area (Å²) >= 11 is 0. The van der Waals surface area contributed by atoms with Gasteiger partial charge in [0.15, 0.2) is 0 Å². The Morgan fingerprint density at radius 3 is 2.95 bits per heavy atom. The number of carbonyl (C=O) groups is 1. The second-order valence-electron chi connectivity index (χ2n) is 6.66. The summed E-state index contributed by atoms with van der Waals surface area (Å²) in [6.07, 6.45) is 10.1. The zero-order valence-corrected chi connectivity index (χ0v) is 13.0. The number of nitrogens with zero attached hydrogens (tertiary/aromatic N) is 1. The van der Waals surface area contributed by atoms with Gasteiger partial charge in [0.25, 0.3) is 0 Å². The van der Waals surface area contributed by atoms with E-state index in [9.17, 15) is 4.79 Å². The fourth-order valence-electron chi connectivity index (χ4n) is 3.70. The molecule has 0 aromatic heterocycles. The van der Waals surface area contributed by atoms with Crippen molar-refractivity contribution in [2.45, 2.75) is 63.9 Å². The van der Waals surface area contributed by atoms with Crippen LogP contribution >= 0.6 is 0 Å². The number of rotatable bonds is 5. The first kappa shape index (κ1) is 14.8. The van der Waals surface area contributed by atoms with Crippen molar-refractivity contribution in [3.63, 3.8) is 0 Å². The van der Waals surface area contributed by atoms with Crippen molar-refractivity contribution in [2.24, 2.45) is 11.1 Å². The minimum Gasteiger partial charge on any atom is -0.380 e. The Morgan fingerprint density at radius 1 is 1.38 bits per heavy atom. The first-order chi connectivity index (χ1) is 10.2. The topological polar surface area (TPSA) is 50.7 Å². The highest BCUT2D eigenvalue weighted by molar-refractivity contribution is 6.08. The van der Waals surface area contributed by atoms with E-state index in [4.69, 9.17) is 4.84 Å². The molecule has 3 aliphatic rings. The number of ketones is 1. The van der Waals surface area contributed by atoms with Gasteiger partial charge < -0.3 is 10.2 Å². The van der Waals surface area contributed by atoms with Gasteiger partial charge in [-0.2, -0.15) is 0 Å². The summed E-state index contributed by atoms with van der Waals surface area (Å²) in [5.41, 5.74) is 1.38. The van der Waals surface area contributed by atoms with Crippen LogP contribution in [0.5, 0.6) is 0 Å². The average molecular weight is 290 g/mol. The lowest BCUT2D eigenvalue weighted by atomic mass is 9.87. The van der Waals surface area contributed by atoms with Crippen LogP contribution in [0.3, 0.4) is 0 Å². The van der Waals surface area contributed by atoms with E-state index in [-0.39, 0.29) is 5.78 Å². The van der Waals surface area contributed by atoms with E-state index < -0.39 is 5.60 Å². The number of nitrogens with one attached hydrogen (secondary N) is 1. The molecule has 3 rings (SSSR count). The molecule has 0 amide bonds. The molecule has 116 valence electrons. The summed E-state index contributed by atoms with van der Waals surface area (Å²) in [7, 11) is 0. The second-order valence-corrected chi connectivity index (χ2v) is 6.66. The smallest absolute Gasteiger partial charge is 0.208 e. The second kappa shape index (κ2) is 6.30. The van der Waals surface area contributed by atoms with E-state index in [0.29, 0.717) is 12.8 Å². The third kappa shape index (κ3) is 3.05. The van der Waals surface area contributed by atoms with Crippen LogP contribution in [0.4, 0.5) is 0 Å². The van der Waals surface area contributed by atoms with Gasteiger partial charge in [0, 0.05) is 12.8 Å². The highest BCUT2D eigenvalue weighted by Crippen LogP contribution is 2.39. The summed E-state index contributed by atoms with van der Waals surface area (Å²) < 4.78 is 0. The third-order valence-corrected chi connectivity index (χ3v) is 5.04. The Morgan fingerprint density at radius 2 is 2.19 bits per heavy atom. The molecule has 0 aromatic carbocycles.